The lowest BCUT2D eigenvalue weighted by Crippen LogP contribution is -2.20. The number of carbonyl (C=O) groups excluding carboxylic acids is 1. The number of nitrogens with one attached hydrogen (secondary N) is 1. The zero-order valence-electron chi connectivity index (χ0n) is 13.8. The quantitative estimate of drug-likeness (QED) is 0.901. The Morgan fingerprint density at radius 2 is 2.08 bits per heavy atom. The Kier molecular flexibility index (Phi) is 4.57. The normalized spacial score (nSPS) is 18.8. The second-order valence-corrected chi connectivity index (χ2v) is 6.34. The molecule has 7 heteroatoms. The number of methoxy groups -OCH3 is 1. The molecule has 1 aromatic heterocycles. The first-order chi connectivity index (χ1) is 11.5. The maximum Gasteiger partial charge on any atom is 0.242 e. The van der Waals surface area contributed by atoms with Crippen LogP contribution in [0.3, 0.4) is 0 Å². The van der Waals surface area contributed by atoms with Gasteiger partial charge in [0.05, 0.1) is 7.11 Å². The van der Waals surface area contributed by atoms with Crippen molar-refractivity contribution >= 4 is 29.0 Å². The van der Waals surface area contributed by atoms with Crippen molar-refractivity contribution in [3.63, 3.8) is 0 Å². The first-order valence-electron chi connectivity index (χ1n) is 7.64. The maximum absolute atomic E-state index is 12.6. The number of anilines is 2. The van der Waals surface area contributed by atoms with Gasteiger partial charge in [0.1, 0.15) is 12.0 Å². The van der Waals surface area contributed by atoms with E-state index in [1.807, 2.05) is 38.4 Å². The maximum atomic E-state index is 12.6. The number of aromatic nitrogens is 2. The van der Waals surface area contributed by atoms with Crippen LogP contribution in [0, 0.1) is 5.92 Å². The third-order valence-electron chi connectivity index (χ3n) is 4.09. The first-order valence-corrected chi connectivity index (χ1v) is 8.02. The van der Waals surface area contributed by atoms with Crippen molar-refractivity contribution in [1.82, 2.24) is 9.97 Å². The number of rotatable bonds is 5. The Bertz CT molecular complexity index is 766. The summed E-state index contributed by atoms with van der Waals surface area (Å²) in [5.74, 6) is 0.917. The highest BCUT2D eigenvalue weighted by molar-refractivity contribution is 6.31. The van der Waals surface area contributed by atoms with Gasteiger partial charge in [0.2, 0.25) is 11.8 Å². The summed E-state index contributed by atoms with van der Waals surface area (Å²) < 4.78 is 5.25. The summed E-state index contributed by atoms with van der Waals surface area (Å²) in [6, 6.07) is 7.64. The zero-order chi connectivity index (χ0) is 17.3. The lowest BCUT2D eigenvalue weighted by Gasteiger charge is -2.18. The summed E-state index contributed by atoms with van der Waals surface area (Å²) in [7, 11) is 5.21. The molecule has 1 aliphatic rings. The predicted octanol–water partition coefficient (Wildman–Crippen LogP) is 2.95. The van der Waals surface area contributed by atoms with E-state index in [4.69, 9.17) is 16.3 Å². The van der Waals surface area contributed by atoms with Crippen molar-refractivity contribution in [3.05, 3.63) is 41.2 Å². The van der Waals surface area contributed by atoms with Crippen molar-refractivity contribution in [2.75, 3.05) is 31.4 Å². The van der Waals surface area contributed by atoms with Crippen LogP contribution in [0.15, 0.2) is 30.6 Å². The van der Waals surface area contributed by atoms with Crippen molar-refractivity contribution in [2.24, 2.45) is 5.92 Å². The van der Waals surface area contributed by atoms with Gasteiger partial charge in [0.25, 0.3) is 0 Å². The molecule has 1 saturated carbocycles. The Morgan fingerprint density at radius 3 is 2.75 bits per heavy atom. The summed E-state index contributed by atoms with van der Waals surface area (Å²) in [6.45, 7) is 0. The van der Waals surface area contributed by atoms with Crippen LogP contribution < -0.4 is 15.0 Å². The Morgan fingerprint density at radius 1 is 1.33 bits per heavy atom. The number of halogens is 1. The highest BCUT2D eigenvalue weighted by Crippen LogP contribution is 2.50. The molecule has 2 aromatic rings. The van der Waals surface area contributed by atoms with Crippen molar-refractivity contribution in [3.8, 4) is 5.88 Å². The first kappa shape index (κ1) is 16.5. The smallest absolute Gasteiger partial charge is 0.242 e. The molecule has 126 valence electrons. The van der Waals surface area contributed by atoms with Gasteiger partial charge in [-0.2, -0.15) is 4.98 Å². The molecule has 0 spiro atoms. The molecule has 1 fully saturated rings. The molecule has 0 aliphatic heterocycles. The fraction of sp³-hybridized carbons (Fsp3) is 0.353. The summed E-state index contributed by atoms with van der Waals surface area (Å²) in [6.07, 6.45) is 2.19. The van der Waals surface area contributed by atoms with E-state index < -0.39 is 0 Å². The van der Waals surface area contributed by atoms with Crippen LogP contribution in [0.4, 0.5) is 11.5 Å². The molecular weight excluding hydrogens is 328 g/mol. The van der Waals surface area contributed by atoms with Crippen molar-refractivity contribution in [2.45, 2.75) is 12.3 Å². The van der Waals surface area contributed by atoms with Gasteiger partial charge >= 0.3 is 0 Å². The third-order valence-corrected chi connectivity index (χ3v) is 4.43. The van der Waals surface area contributed by atoms with Crippen LogP contribution in [0.5, 0.6) is 5.88 Å². The minimum atomic E-state index is -0.107. The molecule has 2 unspecified atom stereocenters. The van der Waals surface area contributed by atoms with E-state index in [2.05, 4.69) is 15.3 Å². The number of benzene rings is 1. The Hall–Kier alpha value is -2.34. The molecule has 6 nitrogen and oxygen atoms in total. The molecule has 1 aliphatic carbocycles. The number of carbonyl (C=O) groups is 1. The minimum absolute atomic E-state index is 0.0730. The third kappa shape index (κ3) is 3.14. The van der Waals surface area contributed by atoms with E-state index in [0.29, 0.717) is 22.4 Å². The number of hydrogen-bond acceptors (Lipinski definition) is 5. The second-order valence-electron chi connectivity index (χ2n) is 5.94. The summed E-state index contributed by atoms with van der Waals surface area (Å²) in [5, 5.41) is 3.62. The van der Waals surface area contributed by atoms with Crippen LogP contribution >= 0.6 is 11.6 Å². The molecule has 1 N–H and O–H groups in total. The lowest BCUT2D eigenvalue weighted by atomic mass is 10.1. The average Bonchev–Trinajstić information content (AvgIpc) is 3.35. The number of hydrogen-bond donors (Lipinski definition) is 1. The van der Waals surface area contributed by atoms with Crippen LogP contribution in [0.2, 0.25) is 5.02 Å². The van der Waals surface area contributed by atoms with Gasteiger partial charge in [0.15, 0.2) is 5.82 Å². The summed E-state index contributed by atoms with van der Waals surface area (Å²) in [5.41, 5.74) is 1.50. The summed E-state index contributed by atoms with van der Waals surface area (Å²) in [4.78, 5) is 22.7. The molecule has 0 radical (unpaired) electrons. The molecule has 3 rings (SSSR count). The fourth-order valence-electron chi connectivity index (χ4n) is 2.78. The number of nitrogens with zero attached hydrogens (tertiary/aromatic N) is 3. The minimum Gasteiger partial charge on any atom is -0.479 e. The molecule has 0 bridgehead atoms. The van der Waals surface area contributed by atoms with Gasteiger partial charge in [-0.05, 0) is 24.0 Å². The van der Waals surface area contributed by atoms with E-state index in [0.717, 1.165) is 12.0 Å². The van der Waals surface area contributed by atoms with E-state index in [-0.39, 0.29) is 17.7 Å². The molecule has 1 amide bonds. The molecule has 1 heterocycles. The number of amides is 1. The van der Waals surface area contributed by atoms with Crippen LogP contribution in [-0.4, -0.2) is 37.1 Å². The topological polar surface area (TPSA) is 67.4 Å². The van der Waals surface area contributed by atoms with Gasteiger partial charge in [0, 0.05) is 25.0 Å². The standard InChI is InChI=1S/C17H19ClN4O2/c1-22(2)15-14(17(24-3)20-9-19-15)21-16(23)12-8-11(12)10-6-4-5-7-13(10)18/h4-7,9,11-12H,8H2,1-3H3,(H,21,23). The van der Waals surface area contributed by atoms with Gasteiger partial charge in [-0.15, -0.1) is 0 Å². The molecule has 2 atom stereocenters. The largest absolute Gasteiger partial charge is 0.479 e. The number of ether oxygens (including phenoxy) is 1. The second kappa shape index (κ2) is 6.65. The van der Waals surface area contributed by atoms with Crippen LogP contribution in [-0.2, 0) is 4.79 Å². The van der Waals surface area contributed by atoms with Crippen LogP contribution in [0.1, 0.15) is 17.9 Å². The Balaban J connectivity index is 1.79. The monoisotopic (exact) mass is 346 g/mol. The van der Waals surface area contributed by atoms with Gasteiger partial charge in [-0.25, -0.2) is 4.98 Å². The highest BCUT2D eigenvalue weighted by atomic mass is 35.5. The highest BCUT2D eigenvalue weighted by Gasteiger charge is 2.45. The van der Waals surface area contributed by atoms with E-state index in [1.165, 1.54) is 13.4 Å². The molecular formula is C17H19ClN4O2. The van der Waals surface area contributed by atoms with Gasteiger partial charge in [-0.1, -0.05) is 29.8 Å². The SMILES string of the molecule is COc1ncnc(N(C)C)c1NC(=O)C1CC1c1ccccc1Cl. The fourth-order valence-corrected chi connectivity index (χ4v) is 3.06. The van der Waals surface area contributed by atoms with Gasteiger partial charge < -0.3 is 15.0 Å². The Labute approximate surface area is 145 Å². The lowest BCUT2D eigenvalue weighted by molar-refractivity contribution is -0.117. The molecule has 1 aromatic carbocycles. The predicted molar refractivity (Wildman–Crippen MR) is 93.8 cm³/mol. The van der Waals surface area contributed by atoms with Gasteiger partial charge in [-0.3, -0.25) is 4.79 Å². The average molecular weight is 347 g/mol. The van der Waals surface area contributed by atoms with Crippen molar-refractivity contribution in [1.29, 1.82) is 0 Å². The van der Waals surface area contributed by atoms with E-state index in [1.54, 1.807) is 4.90 Å². The molecule has 24 heavy (non-hydrogen) atoms. The van der Waals surface area contributed by atoms with Crippen molar-refractivity contribution < 1.29 is 9.53 Å². The zero-order valence-corrected chi connectivity index (χ0v) is 14.5. The molecule has 0 saturated heterocycles. The summed E-state index contributed by atoms with van der Waals surface area (Å²) >= 11 is 6.23. The van der Waals surface area contributed by atoms with E-state index in [9.17, 15) is 4.79 Å². The van der Waals surface area contributed by atoms with E-state index >= 15 is 0 Å². The van der Waals surface area contributed by atoms with Crippen LogP contribution in [0.25, 0.3) is 0 Å².